The van der Waals surface area contributed by atoms with Crippen LogP contribution in [0.5, 0.6) is 5.75 Å². The zero-order valence-electron chi connectivity index (χ0n) is 9.75. The zero-order chi connectivity index (χ0) is 12.4. The van der Waals surface area contributed by atoms with Crippen molar-refractivity contribution in [2.45, 2.75) is 13.5 Å². The SMILES string of the molecule is COc1ccc(-c2nc(C)[nH]c2CN)cc1Br. The van der Waals surface area contributed by atoms with Crippen molar-refractivity contribution in [3.05, 3.63) is 34.2 Å². The fourth-order valence-corrected chi connectivity index (χ4v) is 2.28. The Labute approximate surface area is 108 Å². The summed E-state index contributed by atoms with van der Waals surface area (Å²) in [6.07, 6.45) is 0. The molecule has 2 aromatic rings. The maximum Gasteiger partial charge on any atom is 0.133 e. The summed E-state index contributed by atoms with van der Waals surface area (Å²) in [5.41, 5.74) is 8.54. The molecule has 0 fully saturated rings. The quantitative estimate of drug-likeness (QED) is 0.915. The second-order valence-electron chi connectivity index (χ2n) is 3.70. The molecule has 90 valence electrons. The van der Waals surface area contributed by atoms with Gasteiger partial charge in [-0.15, -0.1) is 0 Å². The molecule has 5 heteroatoms. The number of methoxy groups -OCH3 is 1. The summed E-state index contributed by atoms with van der Waals surface area (Å²) in [4.78, 5) is 7.61. The molecule has 0 aliphatic heterocycles. The summed E-state index contributed by atoms with van der Waals surface area (Å²) in [5, 5.41) is 0. The van der Waals surface area contributed by atoms with E-state index < -0.39 is 0 Å². The maximum atomic E-state index is 5.69. The molecule has 0 saturated heterocycles. The van der Waals surface area contributed by atoms with Crippen molar-refractivity contribution in [1.29, 1.82) is 0 Å². The van der Waals surface area contributed by atoms with Gasteiger partial charge in [0.05, 0.1) is 23.0 Å². The monoisotopic (exact) mass is 295 g/mol. The minimum Gasteiger partial charge on any atom is -0.496 e. The van der Waals surface area contributed by atoms with Crippen LogP contribution in [0.15, 0.2) is 22.7 Å². The smallest absolute Gasteiger partial charge is 0.133 e. The predicted octanol–water partition coefficient (Wildman–Crippen LogP) is 2.61. The summed E-state index contributed by atoms with van der Waals surface area (Å²) in [6.45, 7) is 2.36. The number of nitrogens with one attached hydrogen (secondary N) is 1. The van der Waals surface area contributed by atoms with Crippen molar-refractivity contribution in [3.8, 4) is 17.0 Å². The summed E-state index contributed by atoms with van der Waals surface area (Å²) in [5.74, 6) is 1.67. The van der Waals surface area contributed by atoms with Crippen LogP contribution in [0.25, 0.3) is 11.3 Å². The van der Waals surface area contributed by atoms with E-state index in [1.165, 1.54) is 0 Å². The van der Waals surface area contributed by atoms with Gasteiger partial charge in [-0.05, 0) is 41.1 Å². The molecule has 2 rings (SSSR count). The fraction of sp³-hybridized carbons (Fsp3) is 0.250. The maximum absolute atomic E-state index is 5.69. The third kappa shape index (κ3) is 2.35. The number of ether oxygens (including phenoxy) is 1. The molecule has 0 atom stereocenters. The Balaban J connectivity index is 2.49. The Morgan fingerprint density at radius 3 is 2.82 bits per heavy atom. The molecule has 0 saturated carbocycles. The molecule has 0 bridgehead atoms. The van der Waals surface area contributed by atoms with Crippen molar-refractivity contribution in [2.24, 2.45) is 5.73 Å². The standard InChI is InChI=1S/C12H14BrN3O/c1-7-15-10(6-14)12(16-7)8-3-4-11(17-2)9(13)5-8/h3-5H,6,14H2,1-2H3,(H,15,16). The van der Waals surface area contributed by atoms with Gasteiger partial charge < -0.3 is 15.5 Å². The number of H-pyrrole nitrogens is 1. The van der Waals surface area contributed by atoms with Gasteiger partial charge in [-0.1, -0.05) is 0 Å². The van der Waals surface area contributed by atoms with Gasteiger partial charge in [-0.3, -0.25) is 0 Å². The van der Waals surface area contributed by atoms with Crippen LogP contribution in [-0.2, 0) is 6.54 Å². The predicted molar refractivity (Wildman–Crippen MR) is 70.9 cm³/mol. The first-order valence-electron chi connectivity index (χ1n) is 5.25. The van der Waals surface area contributed by atoms with Crippen LogP contribution >= 0.6 is 15.9 Å². The van der Waals surface area contributed by atoms with E-state index in [2.05, 4.69) is 25.9 Å². The van der Waals surface area contributed by atoms with Crippen LogP contribution in [-0.4, -0.2) is 17.1 Å². The van der Waals surface area contributed by atoms with E-state index in [0.29, 0.717) is 6.54 Å². The number of nitrogens with two attached hydrogens (primary N) is 1. The molecule has 4 nitrogen and oxygen atoms in total. The summed E-state index contributed by atoms with van der Waals surface area (Å²) >= 11 is 3.46. The Kier molecular flexibility index (Phi) is 3.49. The average molecular weight is 296 g/mol. The van der Waals surface area contributed by atoms with Crippen LogP contribution < -0.4 is 10.5 Å². The van der Waals surface area contributed by atoms with E-state index in [1.54, 1.807) is 7.11 Å². The lowest BCUT2D eigenvalue weighted by molar-refractivity contribution is 0.412. The molecule has 17 heavy (non-hydrogen) atoms. The third-order valence-corrected chi connectivity index (χ3v) is 3.15. The molecular weight excluding hydrogens is 282 g/mol. The average Bonchev–Trinajstić information content (AvgIpc) is 2.70. The highest BCUT2D eigenvalue weighted by Crippen LogP contribution is 2.31. The van der Waals surface area contributed by atoms with Gasteiger partial charge in [0.2, 0.25) is 0 Å². The first kappa shape index (κ1) is 12.1. The van der Waals surface area contributed by atoms with Crippen LogP contribution in [0.3, 0.4) is 0 Å². The van der Waals surface area contributed by atoms with E-state index in [4.69, 9.17) is 10.5 Å². The lowest BCUT2D eigenvalue weighted by Gasteiger charge is -2.05. The van der Waals surface area contributed by atoms with E-state index in [0.717, 1.165) is 33.0 Å². The first-order chi connectivity index (χ1) is 8.15. The van der Waals surface area contributed by atoms with Crippen molar-refractivity contribution in [2.75, 3.05) is 7.11 Å². The van der Waals surface area contributed by atoms with E-state index in [9.17, 15) is 0 Å². The van der Waals surface area contributed by atoms with Gasteiger partial charge in [-0.25, -0.2) is 4.98 Å². The molecule has 0 spiro atoms. The molecule has 0 amide bonds. The summed E-state index contributed by atoms with van der Waals surface area (Å²) in [6, 6.07) is 5.86. The van der Waals surface area contributed by atoms with Gasteiger partial charge in [0.1, 0.15) is 11.6 Å². The van der Waals surface area contributed by atoms with Gasteiger partial charge in [-0.2, -0.15) is 0 Å². The molecule has 0 radical (unpaired) electrons. The Hall–Kier alpha value is -1.33. The van der Waals surface area contributed by atoms with E-state index in [1.807, 2.05) is 25.1 Å². The molecule has 0 unspecified atom stereocenters. The molecular formula is C12H14BrN3O. The lowest BCUT2D eigenvalue weighted by Crippen LogP contribution is -1.98. The van der Waals surface area contributed by atoms with Crippen LogP contribution in [0.2, 0.25) is 0 Å². The van der Waals surface area contributed by atoms with Crippen molar-refractivity contribution < 1.29 is 4.74 Å². The van der Waals surface area contributed by atoms with Crippen molar-refractivity contribution >= 4 is 15.9 Å². The molecule has 1 aromatic carbocycles. The van der Waals surface area contributed by atoms with Gasteiger partial charge in [0.15, 0.2) is 0 Å². The fourth-order valence-electron chi connectivity index (χ4n) is 1.74. The zero-order valence-corrected chi connectivity index (χ0v) is 11.3. The molecule has 0 aliphatic carbocycles. The highest BCUT2D eigenvalue weighted by Gasteiger charge is 2.11. The molecule has 0 aliphatic rings. The Morgan fingerprint density at radius 1 is 1.47 bits per heavy atom. The Bertz CT molecular complexity index is 537. The minimum atomic E-state index is 0.444. The number of aromatic nitrogens is 2. The van der Waals surface area contributed by atoms with Crippen molar-refractivity contribution in [3.63, 3.8) is 0 Å². The van der Waals surface area contributed by atoms with Gasteiger partial charge in [0.25, 0.3) is 0 Å². The largest absolute Gasteiger partial charge is 0.496 e. The minimum absolute atomic E-state index is 0.444. The number of aromatic amines is 1. The van der Waals surface area contributed by atoms with Gasteiger partial charge >= 0.3 is 0 Å². The first-order valence-corrected chi connectivity index (χ1v) is 6.04. The number of hydrogen-bond donors (Lipinski definition) is 2. The number of benzene rings is 1. The topological polar surface area (TPSA) is 63.9 Å². The highest BCUT2D eigenvalue weighted by molar-refractivity contribution is 9.10. The van der Waals surface area contributed by atoms with Crippen LogP contribution in [0.1, 0.15) is 11.5 Å². The second-order valence-corrected chi connectivity index (χ2v) is 4.56. The number of rotatable bonds is 3. The van der Waals surface area contributed by atoms with Crippen LogP contribution in [0.4, 0.5) is 0 Å². The Morgan fingerprint density at radius 2 is 2.24 bits per heavy atom. The summed E-state index contributed by atoms with van der Waals surface area (Å²) < 4.78 is 6.10. The van der Waals surface area contributed by atoms with Gasteiger partial charge in [0, 0.05) is 12.1 Å². The van der Waals surface area contributed by atoms with Crippen LogP contribution in [0, 0.1) is 6.92 Å². The third-order valence-electron chi connectivity index (χ3n) is 2.53. The summed E-state index contributed by atoms with van der Waals surface area (Å²) in [7, 11) is 1.64. The number of halogens is 1. The van der Waals surface area contributed by atoms with Crippen molar-refractivity contribution in [1.82, 2.24) is 9.97 Å². The number of nitrogens with zero attached hydrogens (tertiary/aromatic N) is 1. The second kappa shape index (κ2) is 4.89. The molecule has 1 heterocycles. The normalized spacial score (nSPS) is 10.6. The molecule has 3 N–H and O–H groups in total. The number of imidazole rings is 1. The number of aryl methyl sites for hydroxylation is 1. The molecule has 1 aromatic heterocycles. The highest BCUT2D eigenvalue weighted by atomic mass is 79.9. The van der Waals surface area contributed by atoms with E-state index in [-0.39, 0.29) is 0 Å². The number of hydrogen-bond acceptors (Lipinski definition) is 3. The van der Waals surface area contributed by atoms with E-state index >= 15 is 0 Å². The lowest BCUT2D eigenvalue weighted by atomic mass is 10.1.